The Morgan fingerprint density at radius 1 is 1.32 bits per heavy atom. The number of nitrogens with zero attached hydrogens (tertiary/aromatic N) is 1. The number of aryl methyl sites for hydroxylation is 1. The standard InChI is InChI=1S/C14H17FN2O2/c1-8-6-12(13(17(18)19)7-11(8)15)16-14(9-2-3-9)10-4-5-10/h6-7,9-10,14,16H,2-5H2,1H3. The molecule has 19 heavy (non-hydrogen) atoms. The molecule has 0 saturated heterocycles. The lowest BCUT2D eigenvalue weighted by Gasteiger charge is -2.19. The minimum Gasteiger partial charge on any atom is -0.376 e. The van der Waals surface area contributed by atoms with E-state index < -0.39 is 10.7 Å². The van der Waals surface area contributed by atoms with E-state index in [2.05, 4.69) is 5.32 Å². The highest BCUT2D eigenvalue weighted by Crippen LogP contribution is 2.46. The van der Waals surface area contributed by atoms with Crippen LogP contribution in [0.3, 0.4) is 0 Å². The molecule has 0 amide bonds. The Morgan fingerprint density at radius 2 is 1.89 bits per heavy atom. The number of rotatable bonds is 5. The van der Waals surface area contributed by atoms with Crippen LogP contribution in [0.5, 0.6) is 0 Å². The van der Waals surface area contributed by atoms with Gasteiger partial charge in [0.05, 0.1) is 11.0 Å². The van der Waals surface area contributed by atoms with Crippen molar-refractivity contribution in [1.29, 1.82) is 0 Å². The second-order valence-corrected chi connectivity index (χ2v) is 5.72. The van der Waals surface area contributed by atoms with Crippen LogP contribution in [0.4, 0.5) is 15.8 Å². The van der Waals surface area contributed by atoms with Gasteiger partial charge in [0.25, 0.3) is 5.69 Å². The molecule has 2 saturated carbocycles. The Bertz CT molecular complexity index is 512. The van der Waals surface area contributed by atoms with Crippen LogP contribution in [0, 0.1) is 34.7 Å². The zero-order valence-electron chi connectivity index (χ0n) is 10.9. The average molecular weight is 264 g/mol. The first-order chi connectivity index (χ1) is 9.06. The van der Waals surface area contributed by atoms with Gasteiger partial charge in [-0.15, -0.1) is 0 Å². The van der Waals surface area contributed by atoms with Crippen molar-refractivity contribution in [3.63, 3.8) is 0 Å². The molecule has 3 rings (SSSR count). The molecule has 5 heteroatoms. The van der Waals surface area contributed by atoms with E-state index in [1.165, 1.54) is 25.7 Å². The number of nitrogens with one attached hydrogen (secondary N) is 1. The van der Waals surface area contributed by atoms with Gasteiger partial charge in [0.1, 0.15) is 11.5 Å². The summed E-state index contributed by atoms with van der Waals surface area (Å²) in [6.07, 6.45) is 4.79. The van der Waals surface area contributed by atoms with Crippen LogP contribution < -0.4 is 5.32 Å². The molecule has 0 unspecified atom stereocenters. The molecule has 0 bridgehead atoms. The van der Waals surface area contributed by atoms with Crippen LogP contribution in [-0.4, -0.2) is 11.0 Å². The van der Waals surface area contributed by atoms with Crippen LogP contribution in [0.25, 0.3) is 0 Å². The van der Waals surface area contributed by atoms with Gasteiger partial charge in [-0.05, 0) is 56.1 Å². The highest BCUT2D eigenvalue weighted by atomic mass is 19.1. The maximum atomic E-state index is 13.5. The summed E-state index contributed by atoms with van der Waals surface area (Å²) in [7, 11) is 0. The molecular weight excluding hydrogens is 247 g/mol. The normalized spacial score (nSPS) is 18.7. The van der Waals surface area contributed by atoms with E-state index in [4.69, 9.17) is 0 Å². The topological polar surface area (TPSA) is 55.2 Å². The van der Waals surface area contributed by atoms with E-state index in [0.29, 0.717) is 29.1 Å². The molecule has 4 nitrogen and oxygen atoms in total. The number of nitro groups is 1. The summed E-state index contributed by atoms with van der Waals surface area (Å²) in [6, 6.07) is 2.91. The summed E-state index contributed by atoms with van der Waals surface area (Å²) in [4.78, 5) is 10.5. The van der Waals surface area contributed by atoms with Crippen LogP contribution in [-0.2, 0) is 0 Å². The van der Waals surface area contributed by atoms with Gasteiger partial charge in [-0.2, -0.15) is 0 Å². The van der Waals surface area contributed by atoms with Crippen LogP contribution in [0.1, 0.15) is 31.2 Å². The number of hydrogen-bond acceptors (Lipinski definition) is 3. The van der Waals surface area contributed by atoms with Gasteiger partial charge in [-0.1, -0.05) is 0 Å². The van der Waals surface area contributed by atoms with Crippen LogP contribution >= 0.6 is 0 Å². The van der Waals surface area contributed by atoms with E-state index in [0.717, 1.165) is 6.07 Å². The zero-order chi connectivity index (χ0) is 13.6. The molecule has 1 aromatic carbocycles. The molecular formula is C14H17FN2O2. The monoisotopic (exact) mass is 264 g/mol. The Labute approximate surface area is 111 Å². The van der Waals surface area contributed by atoms with Gasteiger partial charge in [0, 0.05) is 6.04 Å². The van der Waals surface area contributed by atoms with Crippen molar-refractivity contribution >= 4 is 11.4 Å². The van der Waals surface area contributed by atoms with Gasteiger partial charge in [0.2, 0.25) is 0 Å². The smallest absolute Gasteiger partial charge is 0.295 e. The molecule has 102 valence electrons. The number of nitro benzene ring substituents is 1. The molecule has 2 fully saturated rings. The molecule has 2 aliphatic carbocycles. The highest BCUT2D eigenvalue weighted by Gasteiger charge is 2.42. The van der Waals surface area contributed by atoms with Crippen LogP contribution in [0.2, 0.25) is 0 Å². The predicted octanol–water partition coefficient (Wildman–Crippen LogP) is 3.64. The van der Waals surface area contributed by atoms with Gasteiger partial charge in [-0.25, -0.2) is 4.39 Å². The van der Waals surface area contributed by atoms with Gasteiger partial charge < -0.3 is 5.32 Å². The van der Waals surface area contributed by atoms with Gasteiger partial charge in [-0.3, -0.25) is 10.1 Å². The van der Waals surface area contributed by atoms with Crippen molar-refractivity contribution in [2.24, 2.45) is 11.8 Å². The van der Waals surface area contributed by atoms with Crippen molar-refractivity contribution < 1.29 is 9.31 Å². The van der Waals surface area contributed by atoms with Crippen LogP contribution in [0.15, 0.2) is 12.1 Å². The second-order valence-electron chi connectivity index (χ2n) is 5.72. The maximum absolute atomic E-state index is 13.5. The lowest BCUT2D eigenvalue weighted by atomic mass is 10.1. The Morgan fingerprint density at radius 3 is 2.37 bits per heavy atom. The van der Waals surface area contributed by atoms with E-state index in [1.54, 1.807) is 13.0 Å². The maximum Gasteiger partial charge on any atom is 0.295 e. The molecule has 0 atom stereocenters. The first kappa shape index (κ1) is 12.4. The molecule has 1 aromatic rings. The fourth-order valence-corrected chi connectivity index (χ4v) is 2.65. The third kappa shape index (κ3) is 2.55. The molecule has 0 aromatic heterocycles. The molecule has 0 aliphatic heterocycles. The lowest BCUT2D eigenvalue weighted by molar-refractivity contribution is -0.384. The summed E-state index contributed by atoms with van der Waals surface area (Å²) in [5.74, 6) is 0.751. The summed E-state index contributed by atoms with van der Waals surface area (Å²) in [5, 5.41) is 14.3. The summed E-state index contributed by atoms with van der Waals surface area (Å²) in [5.41, 5.74) is 0.751. The van der Waals surface area contributed by atoms with E-state index >= 15 is 0 Å². The second kappa shape index (κ2) is 4.47. The minimum atomic E-state index is -0.522. The summed E-state index contributed by atoms with van der Waals surface area (Å²) in [6.45, 7) is 1.63. The fourth-order valence-electron chi connectivity index (χ4n) is 2.65. The van der Waals surface area contributed by atoms with E-state index in [9.17, 15) is 14.5 Å². The van der Waals surface area contributed by atoms with E-state index in [-0.39, 0.29) is 5.69 Å². The summed E-state index contributed by atoms with van der Waals surface area (Å²) < 4.78 is 13.5. The van der Waals surface area contributed by atoms with Crippen molar-refractivity contribution in [3.05, 3.63) is 33.6 Å². The largest absolute Gasteiger partial charge is 0.376 e. The average Bonchev–Trinajstić information content (AvgIpc) is 3.23. The van der Waals surface area contributed by atoms with Crippen molar-refractivity contribution in [1.82, 2.24) is 0 Å². The quantitative estimate of drug-likeness (QED) is 0.652. The van der Waals surface area contributed by atoms with E-state index in [1.807, 2.05) is 0 Å². The number of benzene rings is 1. The highest BCUT2D eigenvalue weighted by molar-refractivity contribution is 5.63. The minimum absolute atomic E-state index is 0.158. The third-order valence-corrected chi connectivity index (χ3v) is 4.06. The van der Waals surface area contributed by atoms with Crippen molar-refractivity contribution in [2.45, 2.75) is 38.6 Å². The Balaban J connectivity index is 1.89. The molecule has 2 aliphatic rings. The van der Waals surface area contributed by atoms with Crippen molar-refractivity contribution in [3.8, 4) is 0 Å². The number of hydrogen-bond donors (Lipinski definition) is 1. The summed E-state index contributed by atoms with van der Waals surface area (Å²) >= 11 is 0. The zero-order valence-corrected chi connectivity index (χ0v) is 10.9. The molecule has 0 spiro atoms. The Hall–Kier alpha value is -1.65. The predicted molar refractivity (Wildman–Crippen MR) is 70.7 cm³/mol. The van der Waals surface area contributed by atoms with Crippen molar-refractivity contribution in [2.75, 3.05) is 5.32 Å². The third-order valence-electron chi connectivity index (χ3n) is 4.06. The lowest BCUT2D eigenvalue weighted by Crippen LogP contribution is -2.24. The first-order valence-electron chi connectivity index (χ1n) is 6.77. The fraction of sp³-hybridized carbons (Fsp3) is 0.571. The first-order valence-corrected chi connectivity index (χ1v) is 6.77. The Kier molecular flexibility index (Phi) is 2.92. The SMILES string of the molecule is Cc1cc(NC(C2CC2)C2CC2)c([N+](=O)[O-])cc1F. The van der Waals surface area contributed by atoms with Gasteiger partial charge >= 0.3 is 0 Å². The molecule has 1 N–H and O–H groups in total. The molecule has 0 radical (unpaired) electrons. The molecule has 0 heterocycles. The number of halogens is 1. The van der Waals surface area contributed by atoms with Gasteiger partial charge in [0.15, 0.2) is 0 Å². The number of anilines is 1.